The van der Waals surface area contributed by atoms with Crippen LogP contribution in [0.1, 0.15) is 11.3 Å². The second kappa shape index (κ2) is 12.0. The number of rotatable bonds is 6. The summed E-state index contributed by atoms with van der Waals surface area (Å²) in [4.78, 5) is 26.6. The predicted molar refractivity (Wildman–Crippen MR) is 185 cm³/mol. The van der Waals surface area contributed by atoms with Crippen molar-refractivity contribution in [2.24, 2.45) is 0 Å². The highest BCUT2D eigenvalue weighted by Gasteiger charge is 2.34. The lowest BCUT2D eigenvalue weighted by molar-refractivity contribution is -0.141. The number of fused-ring (bicyclic) bond motifs is 2. The van der Waals surface area contributed by atoms with Crippen LogP contribution in [0.4, 0.5) is 24.8 Å². The molecule has 6 heterocycles. The van der Waals surface area contributed by atoms with Crippen molar-refractivity contribution in [3.05, 3.63) is 100 Å². The lowest BCUT2D eigenvalue weighted by Gasteiger charge is -2.11. The van der Waals surface area contributed by atoms with Gasteiger partial charge in [0.05, 0.1) is 55.9 Å². The lowest BCUT2D eigenvalue weighted by atomic mass is 10.1. The lowest BCUT2D eigenvalue weighted by Crippen LogP contribution is -2.10. The smallest absolute Gasteiger partial charge is 0.382 e. The molecule has 0 unspecified atom stereocenters. The molecule has 0 atom stereocenters. The van der Waals surface area contributed by atoms with Gasteiger partial charge in [0, 0.05) is 35.1 Å². The second-order valence-corrected chi connectivity index (χ2v) is 12.7. The number of benzene rings is 2. The molecule has 12 nitrogen and oxygen atoms in total. The van der Waals surface area contributed by atoms with Crippen molar-refractivity contribution < 1.29 is 13.2 Å². The molecule has 0 saturated carbocycles. The summed E-state index contributed by atoms with van der Waals surface area (Å²) in [5.74, 6) is 0.238. The highest BCUT2D eigenvalue weighted by Crippen LogP contribution is 2.36. The molecule has 0 aliphatic heterocycles. The molecular weight excluding hydrogens is 712 g/mol. The molecule has 8 rings (SSSR count). The molecule has 248 valence electrons. The van der Waals surface area contributed by atoms with E-state index in [4.69, 9.17) is 39.8 Å². The van der Waals surface area contributed by atoms with Gasteiger partial charge in [0.25, 0.3) is 0 Å². The Morgan fingerprint density at radius 3 is 2.26 bits per heavy atom. The molecule has 0 amide bonds. The second-order valence-electron chi connectivity index (χ2n) is 11.0. The number of hydrogen-bond acceptors (Lipinski definition) is 11. The number of nitrogens with zero attached hydrogens (tertiary/aromatic N) is 10. The van der Waals surface area contributed by atoms with Gasteiger partial charge in [-0.2, -0.15) is 23.4 Å². The normalized spacial score (nSPS) is 11.9. The number of nitrogens with two attached hydrogens (primary N) is 2. The van der Waals surface area contributed by atoms with Crippen molar-refractivity contribution >= 4 is 67.3 Å². The number of anilines is 2. The summed E-state index contributed by atoms with van der Waals surface area (Å²) in [7, 11) is 0. The number of halogens is 5. The van der Waals surface area contributed by atoms with Crippen LogP contribution in [0.15, 0.2) is 79.0 Å². The summed E-state index contributed by atoms with van der Waals surface area (Å²) in [6.07, 6.45) is 2.77. The number of nitrogen functional groups attached to an aromatic ring is 2. The molecular formula is C32H19Cl2F3N12S. The van der Waals surface area contributed by atoms with Crippen molar-refractivity contribution in [2.75, 3.05) is 11.5 Å². The van der Waals surface area contributed by atoms with Gasteiger partial charge in [-0.1, -0.05) is 23.2 Å². The zero-order valence-electron chi connectivity index (χ0n) is 25.1. The summed E-state index contributed by atoms with van der Waals surface area (Å²) in [5.41, 5.74) is 17.6. The van der Waals surface area contributed by atoms with E-state index in [-0.39, 0.29) is 23.1 Å². The summed E-state index contributed by atoms with van der Waals surface area (Å²) in [6, 6.07) is 11.7. The fourth-order valence-electron chi connectivity index (χ4n) is 5.44. The highest BCUT2D eigenvalue weighted by atomic mass is 35.5. The van der Waals surface area contributed by atoms with E-state index in [1.165, 1.54) is 23.7 Å². The number of hydrogen-bond donors (Lipinski definition) is 2. The molecule has 50 heavy (non-hydrogen) atoms. The van der Waals surface area contributed by atoms with Crippen molar-refractivity contribution in [1.82, 2.24) is 49.5 Å². The Morgan fingerprint density at radius 2 is 1.48 bits per heavy atom. The maximum Gasteiger partial charge on any atom is 0.435 e. The largest absolute Gasteiger partial charge is 0.435 e. The summed E-state index contributed by atoms with van der Waals surface area (Å²) in [5, 5.41) is 9.85. The number of aromatic nitrogens is 10. The fraction of sp³-hybridized carbons (Fsp3) is 0.0625. The van der Waals surface area contributed by atoms with Crippen molar-refractivity contribution in [3.63, 3.8) is 0 Å². The van der Waals surface area contributed by atoms with E-state index in [2.05, 4.69) is 35.0 Å². The number of thiazole rings is 1. The minimum Gasteiger partial charge on any atom is -0.382 e. The maximum absolute atomic E-state index is 13.3. The van der Waals surface area contributed by atoms with Crippen molar-refractivity contribution in [2.45, 2.75) is 12.7 Å². The van der Waals surface area contributed by atoms with Crippen LogP contribution in [-0.4, -0.2) is 49.5 Å². The molecule has 0 aliphatic carbocycles. The molecule has 4 N–H and O–H groups in total. The van der Waals surface area contributed by atoms with E-state index in [1.807, 2.05) is 18.2 Å². The Morgan fingerprint density at radius 1 is 0.740 bits per heavy atom. The zero-order chi connectivity index (χ0) is 34.7. The van der Waals surface area contributed by atoms with Crippen LogP contribution < -0.4 is 11.5 Å². The van der Waals surface area contributed by atoms with E-state index in [9.17, 15) is 13.2 Å². The Labute approximate surface area is 293 Å². The first kappa shape index (κ1) is 31.6. The molecule has 6 aromatic heterocycles. The SMILES string of the molecule is Nc1cnc(-c2cc(Cl)c3ncsc3c2)c(-c2ccn(Cc3cnc4c(Cl)cc(-c5ncc(N)nc5-n5ccc(C(F)(F)F)n5)cc4c3)n2)n1. The van der Waals surface area contributed by atoms with Crippen LogP contribution in [0.2, 0.25) is 10.0 Å². The first-order valence-electron chi connectivity index (χ1n) is 14.5. The van der Waals surface area contributed by atoms with E-state index in [1.54, 1.807) is 40.8 Å². The topological polar surface area (TPSA) is 165 Å². The third-order valence-corrected chi connectivity index (χ3v) is 8.97. The van der Waals surface area contributed by atoms with Gasteiger partial charge in [0.1, 0.15) is 28.7 Å². The molecule has 0 spiro atoms. The van der Waals surface area contributed by atoms with Gasteiger partial charge in [-0.15, -0.1) is 11.3 Å². The molecule has 2 aromatic carbocycles. The van der Waals surface area contributed by atoms with Gasteiger partial charge in [0.2, 0.25) is 0 Å². The average molecular weight is 732 g/mol. The Balaban J connectivity index is 1.13. The quantitative estimate of drug-likeness (QED) is 0.177. The third kappa shape index (κ3) is 5.82. The molecule has 0 fully saturated rings. The van der Waals surface area contributed by atoms with Crippen LogP contribution >= 0.6 is 34.5 Å². The maximum atomic E-state index is 13.3. The van der Waals surface area contributed by atoms with Crippen LogP contribution in [0, 0.1) is 0 Å². The van der Waals surface area contributed by atoms with Crippen molar-refractivity contribution in [1.29, 1.82) is 0 Å². The van der Waals surface area contributed by atoms with Gasteiger partial charge in [-0.3, -0.25) is 14.6 Å². The van der Waals surface area contributed by atoms with E-state index < -0.39 is 11.9 Å². The highest BCUT2D eigenvalue weighted by molar-refractivity contribution is 7.16. The van der Waals surface area contributed by atoms with Gasteiger partial charge >= 0.3 is 6.18 Å². The minimum absolute atomic E-state index is 0.00219. The third-order valence-electron chi connectivity index (χ3n) is 7.62. The molecule has 0 aliphatic rings. The average Bonchev–Trinajstić information content (AvgIpc) is 3.86. The molecule has 8 aromatic rings. The zero-order valence-corrected chi connectivity index (χ0v) is 27.5. The molecule has 18 heteroatoms. The summed E-state index contributed by atoms with van der Waals surface area (Å²) < 4.78 is 43.5. The van der Waals surface area contributed by atoms with E-state index in [0.717, 1.165) is 32.8 Å². The van der Waals surface area contributed by atoms with Crippen LogP contribution in [-0.2, 0) is 12.7 Å². The van der Waals surface area contributed by atoms with Gasteiger partial charge in [0.15, 0.2) is 11.5 Å². The first-order valence-corrected chi connectivity index (χ1v) is 16.2. The van der Waals surface area contributed by atoms with Crippen LogP contribution in [0.3, 0.4) is 0 Å². The van der Waals surface area contributed by atoms with Gasteiger partial charge in [-0.25, -0.2) is 24.6 Å². The number of pyridine rings is 1. The van der Waals surface area contributed by atoms with E-state index in [0.29, 0.717) is 55.7 Å². The Bertz CT molecular complexity index is 2600. The number of alkyl halides is 3. The summed E-state index contributed by atoms with van der Waals surface area (Å²) >= 11 is 14.6. The van der Waals surface area contributed by atoms with Gasteiger partial charge < -0.3 is 11.5 Å². The first-order chi connectivity index (χ1) is 24.0. The van der Waals surface area contributed by atoms with E-state index >= 15 is 0 Å². The molecule has 0 bridgehead atoms. The van der Waals surface area contributed by atoms with Crippen LogP contribution in [0.25, 0.3) is 60.8 Å². The molecule has 0 saturated heterocycles. The Kier molecular flexibility index (Phi) is 7.58. The minimum atomic E-state index is -4.64. The fourth-order valence-corrected chi connectivity index (χ4v) is 6.78. The monoisotopic (exact) mass is 730 g/mol. The van der Waals surface area contributed by atoms with Crippen LogP contribution in [0.5, 0.6) is 0 Å². The standard InChI is InChI=1S/C32H19Cl2F3N12S/c33-19-7-17(28-31(45-25(39)12-42-28)49-4-2-23(47-49)32(35,36)37)6-16-5-15(10-40-26(16)19)13-48-3-1-21(46-48)30-27(41-11-24(38)44-30)18-8-20(34)29-22(9-18)50-14-43-29/h1-12,14H,13H2,(H2,38,44)(H2,39,45). The molecule has 0 radical (unpaired) electrons. The predicted octanol–water partition coefficient (Wildman–Crippen LogP) is 7.35. The Hall–Kier alpha value is -5.71. The van der Waals surface area contributed by atoms with Gasteiger partial charge in [-0.05, 0) is 48.0 Å². The van der Waals surface area contributed by atoms with Crippen molar-refractivity contribution in [3.8, 4) is 39.7 Å². The summed E-state index contributed by atoms with van der Waals surface area (Å²) in [6.45, 7) is 0.328.